The van der Waals surface area contributed by atoms with E-state index >= 15 is 0 Å². The summed E-state index contributed by atoms with van der Waals surface area (Å²) in [5, 5.41) is 0.838. The third-order valence-electron chi connectivity index (χ3n) is 8.32. The number of likely N-dealkylation sites (tertiary alicyclic amines) is 1. The number of nitrogens with zero attached hydrogens (tertiary/aromatic N) is 2. The van der Waals surface area contributed by atoms with Crippen molar-refractivity contribution in [2.24, 2.45) is 5.92 Å². The number of amides is 1. The third-order valence-corrected chi connectivity index (χ3v) is 8.55. The summed E-state index contributed by atoms with van der Waals surface area (Å²) in [5.74, 6) is -3.35. The van der Waals surface area contributed by atoms with E-state index in [1.54, 1.807) is 17.0 Å². The summed E-state index contributed by atoms with van der Waals surface area (Å²) in [7, 11) is 0. The van der Waals surface area contributed by atoms with Gasteiger partial charge in [-0.1, -0.05) is 54.9 Å². The van der Waals surface area contributed by atoms with Crippen molar-refractivity contribution in [3.05, 3.63) is 106 Å². The van der Waals surface area contributed by atoms with Gasteiger partial charge >= 0.3 is 0 Å². The zero-order valence-electron chi connectivity index (χ0n) is 21.2. The second-order valence-electron chi connectivity index (χ2n) is 10.6. The molecular formula is C31H25ClF2N2O3. The van der Waals surface area contributed by atoms with Crippen LogP contribution in [0.15, 0.2) is 66.9 Å². The highest BCUT2D eigenvalue weighted by Crippen LogP contribution is 2.47. The number of rotatable bonds is 2. The number of hydrogen-bond donors (Lipinski definition) is 0. The maximum atomic E-state index is 14.5. The van der Waals surface area contributed by atoms with E-state index in [0.717, 1.165) is 28.2 Å². The van der Waals surface area contributed by atoms with Crippen LogP contribution >= 0.6 is 11.6 Å². The molecule has 8 heteroatoms. The number of Topliss-reactive ketones (excluding diaryl/α,β-unsaturated/α-hetero) is 1. The minimum absolute atomic E-state index is 0.0842. The highest BCUT2D eigenvalue weighted by Gasteiger charge is 2.45. The SMILES string of the molecule is CC1CC2(CCN(C(=O)c3cn(C(=O)c4cccc(F)c4F)c4cc(Cl)ccc34)CC2)c2ccccc2C1=O. The normalized spacial score (nSPS) is 18.4. The Morgan fingerprint density at radius 2 is 1.69 bits per heavy atom. The van der Waals surface area contributed by atoms with E-state index in [1.165, 1.54) is 24.4 Å². The monoisotopic (exact) mass is 546 g/mol. The fourth-order valence-corrected chi connectivity index (χ4v) is 6.50. The summed E-state index contributed by atoms with van der Waals surface area (Å²) in [4.78, 5) is 41.7. The maximum absolute atomic E-state index is 14.5. The van der Waals surface area contributed by atoms with Crippen LogP contribution < -0.4 is 0 Å². The average molecular weight is 547 g/mol. The van der Waals surface area contributed by atoms with Crippen LogP contribution in [0.1, 0.15) is 62.8 Å². The first-order valence-corrected chi connectivity index (χ1v) is 13.3. The molecule has 39 heavy (non-hydrogen) atoms. The molecule has 3 aromatic carbocycles. The highest BCUT2D eigenvalue weighted by molar-refractivity contribution is 6.31. The number of carbonyl (C=O) groups excluding carboxylic acids is 3. The van der Waals surface area contributed by atoms with E-state index < -0.39 is 23.1 Å². The molecule has 4 aromatic rings. The van der Waals surface area contributed by atoms with Gasteiger partial charge in [0.05, 0.1) is 16.6 Å². The number of halogens is 3. The first kappa shape index (κ1) is 25.4. The number of benzene rings is 3. The van der Waals surface area contributed by atoms with Gasteiger partial charge in [-0.2, -0.15) is 0 Å². The van der Waals surface area contributed by atoms with Crippen LogP contribution in [0.4, 0.5) is 8.78 Å². The van der Waals surface area contributed by atoms with Crippen molar-refractivity contribution < 1.29 is 23.2 Å². The summed E-state index contributed by atoms with van der Waals surface area (Å²) in [6.45, 7) is 2.94. The second-order valence-corrected chi connectivity index (χ2v) is 11.0. The van der Waals surface area contributed by atoms with Crippen molar-refractivity contribution in [1.82, 2.24) is 9.47 Å². The number of fused-ring (bicyclic) bond motifs is 3. The molecule has 1 amide bonds. The first-order chi connectivity index (χ1) is 18.7. The van der Waals surface area contributed by atoms with Crippen molar-refractivity contribution in [2.75, 3.05) is 13.1 Å². The molecule has 6 rings (SSSR count). The van der Waals surface area contributed by atoms with E-state index in [1.807, 2.05) is 31.2 Å². The number of ketones is 1. The fourth-order valence-electron chi connectivity index (χ4n) is 6.33. The quantitative estimate of drug-likeness (QED) is 0.282. The molecule has 198 valence electrons. The van der Waals surface area contributed by atoms with Gasteiger partial charge in [-0.05, 0) is 49.1 Å². The van der Waals surface area contributed by atoms with E-state index in [0.29, 0.717) is 41.9 Å². The molecule has 1 aromatic heterocycles. The Morgan fingerprint density at radius 1 is 0.949 bits per heavy atom. The lowest BCUT2D eigenvalue weighted by Crippen LogP contribution is -2.48. The Hall–Kier alpha value is -3.84. The molecule has 0 N–H and O–H groups in total. The lowest BCUT2D eigenvalue weighted by atomic mass is 9.61. The van der Waals surface area contributed by atoms with Gasteiger partial charge in [0, 0.05) is 46.6 Å². The molecule has 1 unspecified atom stereocenters. The van der Waals surface area contributed by atoms with Crippen LogP contribution in [0.2, 0.25) is 5.02 Å². The summed E-state index contributed by atoms with van der Waals surface area (Å²) in [6.07, 6.45) is 3.56. The predicted octanol–water partition coefficient (Wildman–Crippen LogP) is 6.66. The molecule has 2 heterocycles. The zero-order chi connectivity index (χ0) is 27.5. The Kier molecular flexibility index (Phi) is 6.14. The zero-order valence-corrected chi connectivity index (χ0v) is 22.0. The van der Waals surface area contributed by atoms with E-state index in [-0.39, 0.29) is 28.6 Å². The summed E-state index contributed by atoms with van der Waals surface area (Å²) in [6, 6.07) is 16.0. The van der Waals surface area contributed by atoms with Gasteiger partial charge in [0.25, 0.3) is 11.8 Å². The molecule has 2 aliphatic rings. The number of carbonyl (C=O) groups is 3. The summed E-state index contributed by atoms with van der Waals surface area (Å²) < 4.78 is 29.5. The minimum atomic E-state index is -1.25. The van der Waals surface area contributed by atoms with Gasteiger partial charge in [-0.25, -0.2) is 8.78 Å². The molecule has 5 nitrogen and oxygen atoms in total. The van der Waals surface area contributed by atoms with Crippen molar-refractivity contribution in [3.63, 3.8) is 0 Å². The van der Waals surface area contributed by atoms with Crippen LogP contribution in [-0.4, -0.2) is 40.2 Å². The van der Waals surface area contributed by atoms with Gasteiger partial charge < -0.3 is 4.90 Å². The minimum Gasteiger partial charge on any atom is -0.339 e. The lowest BCUT2D eigenvalue weighted by molar-refractivity contribution is 0.0617. The van der Waals surface area contributed by atoms with Crippen LogP contribution in [0.5, 0.6) is 0 Å². The smallest absolute Gasteiger partial charge is 0.265 e. The topological polar surface area (TPSA) is 59.4 Å². The van der Waals surface area contributed by atoms with Gasteiger partial charge in [0.15, 0.2) is 17.4 Å². The summed E-state index contributed by atoms with van der Waals surface area (Å²) in [5.41, 5.74) is 1.85. The molecule has 1 aliphatic carbocycles. The van der Waals surface area contributed by atoms with Crippen molar-refractivity contribution >= 4 is 40.1 Å². The molecule has 1 fully saturated rings. The predicted molar refractivity (Wildman–Crippen MR) is 144 cm³/mol. The Bertz CT molecular complexity index is 1670. The summed E-state index contributed by atoms with van der Waals surface area (Å²) >= 11 is 6.20. The van der Waals surface area contributed by atoms with Crippen LogP contribution in [0.25, 0.3) is 10.9 Å². The fraction of sp³-hybridized carbons (Fsp3) is 0.258. The number of aromatic nitrogens is 1. The number of hydrogen-bond acceptors (Lipinski definition) is 3. The molecule has 1 saturated heterocycles. The highest BCUT2D eigenvalue weighted by atomic mass is 35.5. The first-order valence-electron chi connectivity index (χ1n) is 12.9. The molecule has 1 spiro atoms. The van der Waals surface area contributed by atoms with Crippen molar-refractivity contribution in [3.8, 4) is 0 Å². The second kappa shape index (κ2) is 9.42. The molecule has 0 bridgehead atoms. The molecule has 1 aliphatic heterocycles. The van der Waals surface area contributed by atoms with Gasteiger partial charge in [-0.3, -0.25) is 19.0 Å². The Morgan fingerprint density at radius 3 is 2.46 bits per heavy atom. The number of piperidine rings is 1. The van der Waals surface area contributed by atoms with E-state index in [2.05, 4.69) is 0 Å². The van der Waals surface area contributed by atoms with E-state index in [4.69, 9.17) is 11.6 Å². The average Bonchev–Trinajstić information content (AvgIpc) is 3.31. The molecule has 0 saturated carbocycles. The van der Waals surface area contributed by atoms with Gasteiger partial charge in [0.2, 0.25) is 0 Å². The molecule has 1 atom stereocenters. The Labute approximate surface area is 229 Å². The van der Waals surface area contributed by atoms with Crippen LogP contribution in [0, 0.1) is 17.6 Å². The third kappa shape index (κ3) is 4.07. The van der Waals surface area contributed by atoms with Crippen LogP contribution in [-0.2, 0) is 5.41 Å². The van der Waals surface area contributed by atoms with Crippen molar-refractivity contribution in [1.29, 1.82) is 0 Å². The lowest BCUT2D eigenvalue weighted by Gasteiger charge is -2.46. The molecular weight excluding hydrogens is 522 g/mol. The van der Waals surface area contributed by atoms with Gasteiger partial charge in [0.1, 0.15) is 0 Å². The van der Waals surface area contributed by atoms with Crippen molar-refractivity contribution in [2.45, 2.75) is 31.6 Å². The largest absolute Gasteiger partial charge is 0.339 e. The van der Waals surface area contributed by atoms with Gasteiger partial charge in [-0.15, -0.1) is 0 Å². The standard InChI is InChI=1S/C31H25ClF2N2O3/c1-18-16-31(24-7-3-2-5-21(24)28(18)37)11-13-35(14-12-31)29(38)23-17-36(26-15-19(32)9-10-20(23)26)30(39)22-6-4-8-25(33)27(22)34/h2-10,15,17-18H,11-14,16H2,1H3. The Balaban J connectivity index is 1.33. The van der Waals surface area contributed by atoms with Crippen LogP contribution in [0.3, 0.4) is 0 Å². The molecule has 0 radical (unpaired) electrons. The van der Waals surface area contributed by atoms with E-state index in [9.17, 15) is 23.2 Å². The maximum Gasteiger partial charge on any atom is 0.265 e.